The molecule has 2 heterocycles. The van der Waals surface area contributed by atoms with E-state index < -0.39 is 0 Å². The Hall–Kier alpha value is -1.06. The summed E-state index contributed by atoms with van der Waals surface area (Å²) in [4.78, 5) is 6.64. The van der Waals surface area contributed by atoms with Crippen molar-refractivity contribution in [3.05, 3.63) is 29.8 Å². The minimum atomic E-state index is 0. The van der Waals surface area contributed by atoms with Gasteiger partial charge in [-0.1, -0.05) is 12.1 Å². The molecular weight excluding hydrogens is 431 g/mol. The summed E-state index contributed by atoms with van der Waals surface area (Å²) < 4.78 is 11.0. The van der Waals surface area contributed by atoms with Gasteiger partial charge in [0, 0.05) is 45.5 Å². The first-order chi connectivity index (χ1) is 11.8. The standard InChI is InChI=1S/C18H28N4O2.HI/c1-19-18(21-14-17-3-2-10-24-17)20-13-15-4-6-16(7-5-15)22-8-11-23-12-9-22;/h4-7,17H,2-3,8-14H2,1H3,(H2,19,20,21);1H. The first-order valence-electron chi connectivity index (χ1n) is 8.83. The molecule has 0 spiro atoms. The topological polar surface area (TPSA) is 58.1 Å². The summed E-state index contributed by atoms with van der Waals surface area (Å²) in [6.45, 7) is 6.03. The van der Waals surface area contributed by atoms with Crippen molar-refractivity contribution >= 4 is 35.6 Å². The zero-order valence-electron chi connectivity index (χ0n) is 14.9. The van der Waals surface area contributed by atoms with Crippen LogP contribution in [0, 0.1) is 0 Å². The smallest absolute Gasteiger partial charge is 0.191 e. The van der Waals surface area contributed by atoms with Crippen LogP contribution in [0.5, 0.6) is 0 Å². The van der Waals surface area contributed by atoms with E-state index in [-0.39, 0.29) is 24.0 Å². The summed E-state index contributed by atoms with van der Waals surface area (Å²) >= 11 is 0. The van der Waals surface area contributed by atoms with E-state index in [4.69, 9.17) is 9.47 Å². The number of nitrogens with zero attached hydrogens (tertiary/aromatic N) is 2. The average Bonchev–Trinajstić information content (AvgIpc) is 3.17. The lowest BCUT2D eigenvalue weighted by molar-refractivity contribution is 0.114. The van der Waals surface area contributed by atoms with Crippen LogP contribution in [0.3, 0.4) is 0 Å². The zero-order chi connectivity index (χ0) is 16.6. The summed E-state index contributed by atoms with van der Waals surface area (Å²) in [6, 6.07) is 8.71. The van der Waals surface area contributed by atoms with E-state index in [2.05, 4.69) is 44.8 Å². The molecule has 2 aliphatic heterocycles. The molecule has 0 radical (unpaired) electrons. The molecule has 25 heavy (non-hydrogen) atoms. The predicted octanol–water partition coefficient (Wildman–Crippen LogP) is 1.99. The van der Waals surface area contributed by atoms with Crippen LogP contribution in [0.4, 0.5) is 5.69 Å². The minimum Gasteiger partial charge on any atom is -0.378 e. The van der Waals surface area contributed by atoms with Gasteiger partial charge in [-0.25, -0.2) is 0 Å². The molecule has 1 aromatic rings. The van der Waals surface area contributed by atoms with Crippen molar-refractivity contribution in [2.45, 2.75) is 25.5 Å². The lowest BCUT2D eigenvalue weighted by atomic mass is 10.2. The van der Waals surface area contributed by atoms with Gasteiger partial charge in [-0.2, -0.15) is 0 Å². The maximum Gasteiger partial charge on any atom is 0.191 e. The molecule has 0 saturated carbocycles. The monoisotopic (exact) mass is 460 g/mol. The summed E-state index contributed by atoms with van der Waals surface area (Å²) in [5.74, 6) is 0.822. The lowest BCUT2D eigenvalue weighted by Crippen LogP contribution is -2.40. The van der Waals surface area contributed by atoms with E-state index in [1.165, 1.54) is 11.3 Å². The second-order valence-corrected chi connectivity index (χ2v) is 6.21. The number of benzene rings is 1. The van der Waals surface area contributed by atoms with Crippen molar-refractivity contribution < 1.29 is 9.47 Å². The normalized spacial score (nSPS) is 20.9. The fraction of sp³-hybridized carbons (Fsp3) is 0.611. The van der Waals surface area contributed by atoms with Gasteiger partial charge >= 0.3 is 0 Å². The number of hydrogen-bond acceptors (Lipinski definition) is 4. The number of halogens is 1. The fourth-order valence-electron chi connectivity index (χ4n) is 3.07. The molecule has 7 heteroatoms. The quantitative estimate of drug-likeness (QED) is 0.400. The Bertz CT molecular complexity index is 526. The van der Waals surface area contributed by atoms with Gasteiger partial charge in [0.2, 0.25) is 0 Å². The number of anilines is 1. The van der Waals surface area contributed by atoms with Crippen LogP contribution in [-0.4, -0.2) is 58.6 Å². The average molecular weight is 460 g/mol. The number of aliphatic imine (C=N–C) groups is 1. The summed E-state index contributed by atoms with van der Waals surface area (Å²) in [6.07, 6.45) is 2.61. The Labute approximate surface area is 167 Å². The molecule has 1 unspecified atom stereocenters. The third-order valence-corrected chi connectivity index (χ3v) is 4.52. The molecular formula is C18H29IN4O2. The van der Waals surface area contributed by atoms with Gasteiger partial charge in [0.25, 0.3) is 0 Å². The van der Waals surface area contributed by atoms with Gasteiger partial charge in [-0.3, -0.25) is 4.99 Å². The Morgan fingerprint density at radius 2 is 1.92 bits per heavy atom. The molecule has 0 amide bonds. The molecule has 0 aromatic heterocycles. The number of rotatable bonds is 5. The van der Waals surface area contributed by atoms with Crippen LogP contribution in [0.15, 0.2) is 29.3 Å². The highest BCUT2D eigenvalue weighted by molar-refractivity contribution is 14.0. The summed E-state index contributed by atoms with van der Waals surface area (Å²) in [5.41, 5.74) is 2.51. The Balaban J connectivity index is 0.00000225. The molecule has 0 aliphatic carbocycles. The number of guanidine groups is 1. The number of nitrogens with one attached hydrogen (secondary N) is 2. The highest BCUT2D eigenvalue weighted by Crippen LogP contribution is 2.16. The molecule has 2 saturated heterocycles. The van der Waals surface area contributed by atoms with Crippen molar-refractivity contribution in [2.24, 2.45) is 4.99 Å². The van der Waals surface area contributed by atoms with Crippen LogP contribution < -0.4 is 15.5 Å². The van der Waals surface area contributed by atoms with E-state index in [1.54, 1.807) is 7.05 Å². The van der Waals surface area contributed by atoms with Gasteiger partial charge in [-0.05, 0) is 30.5 Å². The van der Waals surface area contributed by atoms with E-state index >= 15 is 0 Å². The van der Waals surface area contributed by atoms with Gasteiger partial charge in [0.15, 0.2) is 5.96 Å². The van der Waals surface area contributed by atoms with Gasteiger partial charge < -0.3 is 25.0 Å². The maximum atomic E-state index is 5.62. The number of ether oxygens (including phenoxy) is 2. The van der Waals surface area contributed by atoms with Crippen molar-refractivity contribution in [3.63, 3.8) is 0 Å². The van der Waals surface area contributed by atoms with Crippen molar-refractivity contribution in [1.82, 2.24) is 10.6 Å². The largest absolute Gasteiger partial charge is 0.378 e. The zero-order valence-corrected chi connectivity index (χ0v) is 17.2. The van der Waals surface area contributed by atoms with E-state index in [0.29, 0.717) is 6.10 Å². The third-order valence-electron chi connectivity index (χ3n) is 4.52. The van der Waals surface area contributed by atoms with E-state index in [1.807, 2.05) is 0 Å². The third kappa shape index (κ3) is 6.31. The number of morpholine rings is 1. The van der Waals surface area contributed by atoms with Crippen molar-refractivity contribution in [1.29, 1.82) is 0 Å². The van der Waals surface area contributed by atoms with Crippen molar-refractivity contribution in [2.75, 3.05) is 51.4 Å². The van der Waals surface area contributed by atoms with Gasteiger partial charge in [-0.15, -0.1) is 24.0 Å². The molecule has 6 nitrogen and oxygen atoms in total. The van der Waals surface area contributed by atoms with Crippen molar-refractivity contribution in [3.8, 4) is 0 Å². The molecule has 2 N–H and O–H groups in total. The van der Waals surface area contributed by atoms with Crippen LogP contribution >= 0.6 is 24.0 Å². The van der Waals surface area contributed by atoms with Gasteiger partial charge in [0.05, 0.1) is 19.3 Å². The second kappa shape index (κ2) is 10.8. The molecule has 3 rings (SSSR count). The molecule has 2 aliphatic rings. The molecule has 140 valence electrons. The molecule has 0 bridgehead atoms. The first kappa shape index (κ1) is 20.3. The highest BCUT2D eigenvalue weighted by atomic mass is 127. The Morgan fingerprint density at radius 1 is 1.16 bits per heavy atom. The maximum absolute atomic E-state index is 5.62. The Morgan fingerprint density at radius 3 is 2.56 bits per heavy atom. The minimum absolute atomic E-state index is 0. The predicted molar refractivity (Wildman–Crippen MR) is 112 cm³/mol. The molecule has 1 atom stereocenters. The van der Waals surface area contributed by atoms with E-state index in [9.17, 15) is 0 Å². The fourth-order valence-corrected chi connectivity index (χ4v) is 3.07. The SMILES string of the molecule is CN=C(NCc1ccc(N2CCOCC2)cc1)NCC1CCCO1.I. The van der Waals surface area contributed by atoms with Gasteiger partial charge in [0.1, 0.15) is 0 Å². The molecule has 2 fully saturated rings. The lowest BCUT2D eigenvalue weighted by Gasteiger charge is -2.29. The second-order valence-electron chi connectivity index (χ2n) is 6.21. The van der Waals surface area contributed by atoms with Crippen LogP contribution in [0.2, 0.25) is 0 Å². The molecule has 1 aromatic carbocycles. The number of hydrogen-bond donors (Lipinski definition) is 2. The van der Waals surface area contributed by atoms with Crippen LogP contribution in [0.1, 0.15) is 18.4 Å². The first-order valence-corrected chi connectivity index (χ1v) is 8.83. The Kier molecular flexibility index (Phi) is 8.77. The summed E-state index contributed by atoms with van der Waals surface area (Å²) in [5, 5.41) is 6.69. The summed E-state index contributed by atoms with van der Waals surface area (Å²) in [7, 11) is 1.80. The highest BCUT2D eigenvalue weighted by Gasteiger charge is 2.15. The van der Waals surface area contributed by atoms with Crippen LogP contribution in [0.25, 0.3) is 0 Å². The van der Waals surface area contributed by atoms with E-state index in [0.717, 1.165) is 64.8 Å². The van der Waals surface area contributed by atoms with Crippen LogP contribution in [-0.2, 0) is 16.0 Å².